The lowest BCUT2D eigenvalue weighted by Gasteiger charge is -2.41. The molecule has 0 fully saturated rings. The highest BCUT2D eigenvalue weighted by atomic mass is 16.4. The van der Waals surface area contributed by atoms with Crippen LogP contribution in [0.15, 0.2) is 0 Å². The van der Waals surface area contributed by atoms with E-state index in [1.807, 2.05) is 6.92 Å². The number of carboxylic acids is 1. The van der Waals surface area contributed by atoms with Crippen LogP contribution in [0.25, 0.3) is 0 Å². The van der Waals surface area contributed by atoms with Gasteiger partial charge in [0, 0.05) is 0 Å². The molecule has 5 heteroatoms. The Bertz CT molecular complexity index is 333. The third kappa shape index (κ3) is 3.45. The van der Waals surface area contributed by atoms with E-state index in [1.165, 1.54) is 0 Å². The Balaban J connectivity index is 5.00. The van der Waals surface area contributed by atoms with Crippen LogP contribution in [-0.2, 0) is 9.59 Å². The average Bonchev–Trinajstić information content (AvgIpc) is 2.16. The number of carbonyl (C=O) groups is 2. The molecule has 0 bridgehead atoms. The second kappa shape index (κ2) is 5.26. The van der Waals surface area contributed by atoms with E-state index < -0.39 is 22.5 Å². The van der Waals surface area contributed by atoms with Gasteiger partial charge in [-0.25, -0.2) is 0 Å². The zero-order valence-electron chi connectivity index (χ0n) is 12.5. The van der Waals surface area contributed by atoms with Crippen molar-refractivity contribution in [1.29, 1.82) is 0 Å². The molecule has 0 saturated heterocycles. The summed E-state index contributed by atoms with van der Waals surface area (Å²) < 4.78 is 0. The smallest absolute Gasteiger partial charge is 0.311 e. The predicted molar refractivity (Wildman–Crippen MR) is 71.4 cm³/mol. The van der Waals surface area contributed by atoms with Crippen LogP contribution >= 0.6 is 0 Å². The van der Waals surface area contributed by atoms with Crippen molar-refractivity contribution >= 4 is 11.9 Å². The third-order valence-electron chi connectivity index (χ3n) is 3.71. The van der Waals surface area contributed by atoms with E-state index in [2.05, 4.69) is 10.6 Å². The van der Waals surface area contributed by atoms with E-state index in [0.717, 1.165) is 0 Å². The SMILES string of the molecule is CCNC(C)(C)C(=O)NC(C)(C)C(C)(C)C(=O)O. The lowest BCUT2D eigenvalue weighted by Crippen LogP contribution is -2.63. The van der Waals surface area contributed by atoms with E-state index >= 15 is 0 Å². The van der Waals surface area contributed by atoms with Gasteiger partial charge in [0.15, 0.2) is 0 Å². The summed E-state index contributed by atoms with van der Waals surface area (Å²) in [6.07, 6.45) is 0. The maximum atomic E-state index is 12.2. The van der Waals surface area contributed by atoms with Gasteiger partial charge in [-0.3, -0.25) is 9.59 Å². The van der Waals surface area contributed by atoms with Crippen molar-refractivity contribution in [2.75, 3.05) is 6.54 Å². The lowest BCUT2D eigenvalue weighted by atomic mass is 9.74. The topological polar surface area (TPSA) is 78.4 Å². The van der Waals surface area contributed by atoms with E-state index in [-0.39, 0.29) is 5.91 Å². The van der Waals surface area contributed by atoms with Crippen molar-refractivity contribution in [3.05, 3.63) is 0 Å². The highest BCUT2D eigenvalue weighted by Gasteiger charge is 2.45. The summed E-state index contributed by atoms with van der Waals surface area (Å²) in [5.41, 5.74) is -2.62. The molecule has 0 aromatic heterocycles. The number of aliphatic carboxylic acids is 1. The molecule has 0 aromatic carbocycles. The van der Waals surface area contributed by atoms with Gasteiger partial charge < -0.3 is 15.7 Å². The molecular weight excluding hydrogens is 232 g/mol. The van der Waals surface area contributed by atoms with Gasteiger partial charge in [-0.1, -0.05) is 6.92 Å². The molecule has 0 unspecified atom stereocenters. The number of rotatable bonds is 6. The summed E-state index contributed by atoms with van der Waals surface area (Å²) in [5.74, 6) is -1.14. The molecule has 3 N–H and O–H groups in total. The van der Waals surface area contributed by atoms with Crippen LogP contribution in [0.5, 0.6) is 0 Å². The molecule has 18 heavy (non-hydrogen) atoms. The molecule has 0 aromatic rings. The summed E-state index contributed by atoms with van der Waals surface area (Å²) in [7, 11) is 0. The molecule has 0 spiro atoms. The molecule has 0 radical (unpaired) electrons. The summed E-state index contributed by atoms with van der Waals surface area (Å²) >= 11 is 0. The Hall–Kier alpha value is -1.10. The van der Waals surface area contributed by atoms with Gasteiger partial charge in [0.05, 0.1) is 16.5 Å². The normalized spacial score (nSPS) is 13.3. The van der Waals surface area contributed by atoms with Crippen molar-refractivity contribution in [3.63, 3.8) is 0 Å². The van der Waals surface area contributed by atoms with Crippen LogP contribution in [0.3, 0.4) is 0 Å². The second-order valence-corrected chi connectivity index (χ2v) is 6.16. The molecule has 106 valence electrons. The summed E-state index contributed by atoms with van der Waals surface area (Å²) in [4.78, 5) is 23.4. The largest absolute Gasteiger partial charge is 0.481 e. The Morgan fingerprint density at radius 1 is 1.06 bits per heavy atom. The number of nitrogens with one attached hydrogen (secondary N) is 2. The van der Waals surface area contributed by atoms with Gasteiger partial charge in [0.2, 0.25) is 5.91 Å². The fourth-order valence-corrected chi connectivity index (χ4v) is 1.39. The number of hydrogen-bond donors (Lipinski definition) is 3. The van der Waals surface area contributed by atoms with E-state index in [0.29, 0.717) is 6.54 Å². The first-order valence-corrected chi connectivity index (χ1v) is 6.19. The molecule has 5 nitrogen and oxygen atoms in total. The van der Waals surface area contributed by atoms with Gasteiger partial charge in [-0.05, 0) is 48.1 Å². The fraction of sp³-hybridized carbons (Fsp3) is 0.846. The van der Waals surface area contributed by atoms with E-state index in [1.54, 1.807) is 41.5 Å². The number of amides is 1. The molecule has 0 atom stereocenters. The van der Waals surface area contributed by atoms with Crippen molar-refractivity contribution in [2.24, 2.45) is 5.41 Å². The van der Waals surface area contributed by atoms with Crippen molar-refractivity contribution in [3.8, 4) is 0 Å². The first-order valence-electron chi connectivity index (χ1n) is 6.19. The number of carboxylic acid groups (broad SMARTS) is 1. The third-order valence-corrected chi connectivity index (χ3v) is 3.71. The minimum Gasteiger partial charge on any atom is -0.481 e. The predicted octanol–water partition coefficient (Wildman–Crippen LogP) is 1.38. The summed E-state index contributed by atoms with van der Waals surface area (Å²) in [6, 6.07) is 0. The number of carbonyl (C=O) groups excluding carboxylic acids is 1. The standard InChI is InChI=1S/C13H26N2O3/c1-8-14-12(4,5)9(16)15-13(6,7)11(2,3)10(17)18/h14H,8H2,1-7H3,(H,15,16)(H,17,18). The Labute approximate surface area is 109 Å². The molecule has 0 aliphatic heterocycles. The Morgan fingerprint density at radius 2 is 1.50 bits per heavy atom. The molecule has 0 aliphatic rings. The van der Waals surface area contributed by atoms with Crippen molar-refractivity contribution < 1.29 is 14.7 Å². The number of likely N-dealkylation sites (N-methyl/N-ethyl adjacent to an activating group) is 1. The van der Waals surface area contributed by atoms with Crippen LogP contribution in [0.2, 0.25) is 0 Å². The van der Waals surface area contributed by atoms with E-state index in [4.69, 9.17) is 0 Å². The molecule has 0 saturated carbocycles. The first-order chi connectivity index (χ1) is 7.88. The summed E-state index contributed by atoms with van der Waals surface area (Å²) in [5, 5.41) is 15.1. The van der Waals surface area contributed by atoms with Gasteiger partial charge in [0.25, 0.3) is 0 Å². The van der Waals surface area contributed by atoms with Gasteiger partial charge in [0.1, 0.15) is 0 Å². The van der Waals surface area contributed by atoms with Crippen LogP contribution in [-0.4, -0.2) is 34.6 Å². The monoisotopic (exact) mass is 258 g/mol. The van der Waals surface area contributed by atoms with E-state index in [9.17, 15) is 14.7 Å². The first kappa shape index (κ1) is 16.9. The number of hydrogen-bond acceptors (Lipinski definition) is 3. The zero-order chi connectivity index (χ0) is 14.8. The van der Waals surface area contributed by atoms with Crippen LogP contribution in [0, 0.1) is 5.41 Å². The zero-order valence-corrected chi connectivity index (χ0v) is 12.5. The molecule has 0 aliphatic carbocycles. The molecule has 0 rings (SSSR count). The quantitative estimate of drug-likeness (QED) is 0.672. The highest BCUT2D eigenvalue weighted by molar-refractivity contribution is 5.87. The maximum absolute atomic E-state index is 12.2. The minimum atomic E-state index is -1.05. The summed E-state index contributed by atoms with van der Waals surface area (Å²) in [6.45, 7) is 12.8. The molecular formula is C13H26N2O3. The van der Waals surface area contributed by atoms with Gasteiger partial charge in [-0.15, -0.1) is 0 Å². The van der Waals surface area contributed by atoms with Gasteiger partial charge >= 0.3 is 5.97 Å². The van der Waals surface area contributed by atoms with Crippen molar-refractivity contribution in [2.45, 2.75) is 59.5 Å². The fourth-order valence-electron chi connectivity index (χ4n) is 1.39. The Morgan fingerprint density at radius 3 is 1.83 bits per heavy atom. The average molecular weight is 258 g/mol. The molecule has 1 amide bonds. The van der Waals surface area contributed by atoms with Crippen LogP contribution in [0.1, 0.15) is 48.5 Å². The minimum absolute atomic E-state index is 0.205. The molecule has 0 heterocycles. The lowest BCUT2D eigenvalue weighted by molar-refractivity contribution is -0.152. The maximum Gasteiger partial charge on any atom is 0.311 e. The Kier molecular flexibility index (Phi) is 4.94. The highest BCUT2D eigenvalue weighted by Crippen LogP contribution is 2.31. The van der Waals surface area contributed by atoms with Crippen LogP contribution < -0.4 is 10.6 Å². The van der Waals surface area contributed by atoms with Crippen LogP contribution in [0.4, 0.5) is 0 Å². The second-order valence-electron chi connectivity index (χ2n) is 6.16. The van der Waals surface area contributed by atoms with Gasteiger partial charge in [-0.2, -0.15) is 0 Å². The van der Waals surface area contributed by atoms with Crippen molar-refractivity contribution in [1.82, 2.24) is 10.6 Å².